The highest BCUT2D eigenvalue weighted by molar-refractivity contribution is 5.57. The molecule has 0 amide bonds. The zero-order valence-electron chi connectivity index (χ0n) is 16.1. The molecule has 6 nitrogen and oxygen atoms in total. The Labute approximate surface area is 166 Å². The normalized spacial score (nSPS) is 15.2. The number of hydrogen-bond donors (Lipinski definition) is 1. The van der Waals surface area contributed by atoms with Crippen LogP contribution < -0.4 is 15.6 Å². The molecule has 0 saturated carbocycles. The summed E-state index contributed by atoms with van der Waals surface area (Å²) < 4.78 is 34.8. The molecule has 1 aliphatic rings. The van der Waals surface area contributed by atoms with Crippen LogP contribution in [0.5, 0.6) is 5.88 Å². The van der Waals surface area contributed by atoms with E-state index in [1.165, 1.54) is 18.2 Å². The number of pyridine rings is 1. The van der Waals surface area contributed by atoms with Crippen molar-refractivity contribution < 1.29 is 13.5 Å². The van der Waals surface area contributed by atoms with Crippen LogP contribution in [0.15, 0.2) is 41.2 Å². The Morgan fingerprint density at radius 2 is 1.93 bits per heavy atom. The van der Waals surface area contributed by atoms with Crippen LogP contribution in [0.2, 0.25) is 0 Å². The van der Waals surface area contributed by atoms with Crippen molar-refractivity contribution in [1.29, 1.82) is 0 Å². The van der Waals surface area contributed by atoms with Gasteiger partial charge < -0.3 is 14.6 Å². The topological polar surface area (TPSA) is 69.0 Å². The number of aryl methyl sites for hydroxylation is 2. The predicted octanol–water partition coefficient (Wildman–Crippen LogP) is 3.90. The van der Waals surface area contributed by atoms with Gasteiger partial charge in [-0.3, -0.25) is 4.79 Å². The van der Waals surface area contributed by atoms with Crippen molar-refractivity contribution in [2.24, 2.45) is 0 Å². The molecule has 29 heavy (non-hydrogen) atoms. The maximum Gasteiger partial charge on any atom is 0.274 e. The van der Waals surface area contributed by atoms with Crippen molar-refractivity contribution >= 4 is 11.6 Å². The third-order valence-corrected chi connectivity index (χ3v) is 4.90. The molecule has 0 fully saturated rings. The molecule has 3 heterocycles. The second-order valence-corrected chi connectivity index (χ2v) is 6.88. The van der Waals surface area contributed by atoms with E-state index in [1.807, 2.05) is 18.4 Å². The van der Waals surface area contributed by atoms with E-state index in [0.29, 0.717) is 48.2 Å². The second kappa shape index (κ2) is 7.62. The highest BCUT2D eigenvalue weighted by Gasteiger charge is 2.27. The second-order valence-electron chi connectivity index (χ2n) is 6.88. The Hall–Kier alpha value is -3.29. The summed E-state index contributed by atoms with van der Waals surface area (Å²) in [6, 6.07) is 8.13. The quantitative estimate of drug-likeness (QED) is 0.706. The summed E-state index contributed by atoms with van der Waals surface area (Å²) in [6.07, 6.45) is 1.22. The van der Waals surface area contributed by atoms with Crippen molar-refractivity contribution in [3.8, 4) is 5.88 Å². The van der Waals surface area contributed by atoms with Crippen LogP contribution in [0.1, 0.15) is 36.3 Å². The lowest BCUT2D eigenvalue weighted by atomic mass is 10.0. The van der Waals surface area contributed by atoms with Gasteiger partial charge in [-0.2, -0.15) is 4.98 Å². The van der Waals surface area contributed by atoms with Crippen LogP contribution in [0.3, 0.4) is 0 Å². The molecule has 8 heteroatoms. The van der Waals surface area contributed by atoms with Crippen LogP contribution in [-0.4, -0.2) is 21.1 Å². The minimum atomic E-state index is -0.636. The van der Waals surface area contributed by atoms with E-state index >= 15 is 0 Å². The van der Waals surface area contributed by atoms with Gasteiger partial charge in [-0.1, -0.05) is 0 Å². The van der Waals surface area contributed by atoms with E-state index < -0.39 is 11.6 Å². The molecule has 0 spiro atoms. The highest BCUT2D eigenvalue weighted by atomic mass is 19.1. The van der Waals surface area contributed by atoms with Crippen molar-refractivity contribution in [3.63, 3.8) is 0 Å². The Morgan fingerprint density at radius 1 is 1.17 bits per heavy atom. The molecule has 150 valence electrons. The number of hydrogen-bond acceptors (Lipinski definition) is 5. The molecule has 1 aliphatic heterocycles. The van der Waals surface area contributed by atoms with Gasteiger partial charge in [0.2, 0.25) is 11.8 Å². The smallest absolute Gasteiger partial charge is 0.274 e. The third-order valence-electron chi connectivity index (χ3n) is 4.90. The van der Waals surface area contributed by atoms with E-state index in [9.17, 15) is 13.6 Å². The van der Waals surface area contributed by atoms with E-state index in [-0.39, 0.29) is 11.6 Å². The number of ether oxygens (including phenoxy) is 1. The molecule has 4 rings (SSSR count). The summed E-state index contributed by atoms with van der Waals surface area (Å²) in [5, 5.41) is 3.16. The summed E-state index contributed by atoms with van der Waals surface area (Å²) in [7, 11) is 0. The number of halogens is 2. The monoisotopic (exact) mass is 398 g/mol. The Kier molecular flexibility index (Phi) is 5.00. The molecule has 0 saturated heterocycles. The van der Waals surface area contributed by atoms with Gasteiger partial charge in [0.05, 0.1) is 24.0 Å². The van der Waals surface area contributed by atoms with Crippen LogP contribution in [-0.2, 0) is 6.42 Å². The standard InChI is InChI=1S/C21H20F2N4O2/c1-3-29-20-7-5-17(12(2)24-20)25-21-26-19(28)11-16-4-6-18(27(16)21)13-8-14(22)10-15(23)9-13/h5,7-11,18H,3-4,6H2,1-2H3,(H,25,26,28). The summed E-state index contributed by atoms with van der Waals surface area (Å²) >= 11 is 0. The van der Waals surface area contributed by atoms with Crippen LogP contribution in [0.4, 0.5) is 20.4 Å². The molecule has 2 aromatic heterocycles. The summed E-state index contributed by atoms with van der Waals surface area (Å²) in [5.41, 5.74) is 2.23. The number of aromatic nitrogens is 3. The molecule has 1 aromatic carbocycles. The Bertz CT molecular complexity index is 1110. The Balaban J connectivity index is 1.75. The third kappa shape index (κ3) is 3.83. The molecule has 0 radical (unpaired) electrons. The van der Waals surface area contributed by atoms with E-state index in [0.717, 1.165) is 11.8 Å². The number of anilines is 2. The first-order chi connectivity index (χ1) is 13.9. The van der Waals surface area contributed by atoms with Crippen molar-refractivity contribution in [2.75, 3.05) is 11.9 Å². The molecule has 3 aromatic rings. The first-order valence-corrected chi connectivity index (χ1v) is 9.40. The average molecular weight is 398 g/mol. The maximum absolute atomic E-state index is 13.8. The lowest BCUT2D eigenvalue weighted by molar-refractivity contribution is 0.326. The molecule has 1 unspecified atom stereocenters. The average Bonchev–Trinajstić information content (AvgIpc) is 3.07. The maximum atomic E-state index is 13.8. The largest absolute Gasteiger partial charge is 0.478 e. The van der Waals surface area contributed by atoms with Gasteiger partial charge in [0, 0.05) is 23.9 Å². The summed E-state index contributed by atoms with van der Waals surface area (Å²) in [4.78, 5) is 20.6. The van der Waals surface area contributed by atoms with Gasteiger partial charge in [-0.05, 0) is 50.5 Å². The molecular formula is C21H20F2N4O2. The number of fused-ring (bicyclic) bond motifs is 1. The Morgan fingerprint density at radius 3 is 2.62 bits per heavy atom. The van der Waals surface area contributed by atoms with Crippen molar-refractivity contribution in [2.45, 2.75) is 32.7 Å². The van der Waals surface area contributed by atoms with Crippen LogP contribution in [0, 0.1) is 18.6 Å². The molecule has 0 bridgehead atoms. The van der Waals surface area contributed by atoms with Crippen molar-refractivity contribution in [1.82, 2.24) is 14.5 Å². The van der Waals surface area contributed by atoms with E-state index in [4.69, 9.17) is 4.74 Å². The zero-order chi connectivity index (χ0) is 20.5. The fourth-order valence-electron chi connectivity index (χ4n) is 3.68. The van der Waals surface area contributed by atoms with Crippen molar-refractivity contribution in [3.05, 3.63) is 75.3 Å². The van der Waals surface area contributed by atoms with E-state index in [1.54, 1.807) is 12.1 Å². The highest BCUT2D eigenvalue weighted by Crippen LogP contribution is 2.35. The fourth-order valence-corrected chi connectivity index (χ4v) is 3.68. The zero-order valence-corrected chi connectivity index (χ0v) is 16.1. The number of benzene rings is 1. The molecule has 1 atom stereocenters. The van der Waals surface area contributed by atoms with Gasteiger partial charge in [0.25, 0.3) is 5.56 Å². The minimum Gasteiger partial charge on any atom is -0.478 e. The van der Waals surface area contributed by atoms with Gasteiger partial charge in [-0.15, -0.1) is 0 Å². The lowest BCUT2D eigenvalue weighted by Gasteiger charge is -2.21. The van der Waals surface area contributed by atoms with Gasteiger partial charge in [0.15, 0.2) is 0 Å². The molecular weight excluding hydrogens is 378 g/mol. The number of nitrogens with one attached hydrogen (secondary N) is 1. The lowest BCUT2D eigenvalue weighted by Crippen LogP contribution is -2.19. The number of nitrogens with zero attached hydrogens (tertiary/aromatic N) is 3. The first-order valence-electron chi connectivity index (χ1n) is 9.40. The van der Waals surface area contributed by atoms with Gasteiger partial charge >= 0.3 is 0 Å². The summed E-state index contributed by atoms with van der Waals surface area (Å²) in [5.74, 6) is -0.451. The van der Waals surface area contributed by atoms with Crippen LogP contribution in [0.25, 0.3) is 0 Å². The molecule has 0 aliphatic carbocycles. The SMILES string of the molecule is CCOc1ccc(Nc2nc(=O)cc3n2C(c2cc(F)cc(F)c2)CC3)c(C)n1. The fraction of sp³-hybridized carbons (Fsp3) is 0.286. The van der Waals surface area contributed by atoms with Crippen LogP contribution >= 0.6 is 0 Å². The van der Waals surface area contributed by atoms with E-state index in [2.05, 4.69) is 15.3 Å². The minimum absolute atomic E-state index is 0.314. The predicted molar refractivity (Wildman–Crippen MR) is 105 cm³/mol. The number of rotatable bonds is 5. The first kappa shape index (κ1) is 19.0. The summed E-state index contributed by atoms with van der Waals surface area (Å²) in [6.45, 7) is 4.20. The van der Waals surface area contributed by atoms with Gasteiger partial charge in [0.1, 0.15) is 11.6 Å². The van der Waals surface area contributed by atoms with Gasteiger partial charge in [-0.25, -0.2) is 13.8 Å². The molecule has 1 N–H and O–H groups in total.